The molecule has 2 amide bonds. The molecule has 0 fully saturated rings. The third kappa shape index (κ3) is 3.60. The molecule has 0 aromatic rings. The van der Waals surface area contributed by atoms with Crippen LogP contribution in [-0.4, -0.2) is 29.8 Å². The predicted octanol–water partition coefficient (Wildman–Crippen LogP) is -0.456. The molecular formula is C7H13N2O2. The van der Waals surface area contributed by atoms with Crippen molar-refractivity contribution < 1.29 is 9.59 Å². The summed E-state index contributed by atoms with van der Waals surface area (Å²) in [6.45, 7) is 4.88. The zero-order valence-electron chi connectivity index (χ0n) is 6.83. The second-order valence-electron chi connectivity index (χ2n) is 2.06. The molecule has 0 aromatic carbocycles. The molecular weight excluding hydrogens is 144 g/mol. The van der Waals surface area contributed by atoms with Gasteiger partial charge >= 0.3 is 0 Å². The highest BCUT2D eigenvalue weighted by molar-refractivity contribution is 6.07. The average Bonchev–Trinajstić information content (AvgIpc) is 1.88. The summed E-state index contributed by atoms with van der Waals surface area (Å²) in [5.74, 6) is -1.01. The Hall–Kier alpha value is -1.06. The molecule has 0 heterocycles. The van der Waals surface area contributed by atoms with E-state index in [9.17, 15) is 9.59 Å². The molecule has 2 N–H and O–H groups in total. The Morgan fingerprint density at radius 2 is 1.82 bits per heavy atom. The molecule has 0 bridgehead atoms. The standard InChI is InChI=1S/C7H13N2O2/c1-3-9(4-2)7(11)5-6(8)10/h5H,3-4H2,1-2H3,(H2,8,10). The molecule has 4 nitrogen and oxygen atoms in total. The van der Waals surface area contributed by atoms with E-state index in [1.165, 1.54) is 4.90 Å². The van der Waals surface area contributed by atoms with E-state index in [1.54, 1.807) is 0 Å². The van der Waals surface area contributed by atoms with Crippen molar-refractivity contribution >= 4 is 11.8 Å². The van der Waals surface area contributed by atoms with E-state index in [-0.39, 0.29) is 5.91 Å². The van der Waals surface area contributed by atoms with Crippen molar-refractivity contribution in [2.24, 2.45) is 5.73 Å². The lowest BCUT2D eigenvalue weighted by Gasteiger charge is -2.16. The Bertz CT molecular complexity index is 153. The maximum Gasteiger partial charge on any atom is 0.236 e. The number of primary amides is 1. The van der Waals surface area contributed by atoms with E-state index in [1.807, 2.05) is 13.8 Å². The first-order valence-electron chi connectivity index (χ1n) is 3.54. The van der Waals surface area contributed by atoms with Gasteiger partial charge < -0.3 is 10.6 Å². The van der Waals surface area contributed by atoms with Gasteiger partial charge in [0, 0.05) is 13.1 Å². The summed E-state index contributed by atoms with van der Waals surface area (Å²) in [4.78, 5) is 22.8. The minimum atomic E-state index is -0.693. The van der Waals surface area contributed by atoms with E-state index in [4.69, 9.17) is 5.73 Å². The van der Waals surface area contributed by atoms with Gasteiger partial charge in [0.25, 0.3) is 0 Å². The molecule has 4 heteroatoms. The number of amides is 2. The summed E-state index contributed by atoms with van der Waals surface area (Å²) >= 11 is 0. The van der Waals surface area contributed by atoms with Gasteiger partial charge in [-0.1, -0.05) is 0 Å². The molecule has 0 aliphatic heterocycles. The van der Waals surface area contributed by atoms with Gasteiger partial charge in [0.05, 0.1) is 0 Å². The summed E-state index contributed by atoms with van der Waals surface area (Å²) in [5.41, 5.74) is 4.80. The maximum absolute atomic E-state index is 11.0. The van der Waals surface area contributed by atoms with Crippen molar-refractivity contribution in [3.8, 4) is 0 Å². The zero-order chi connectivity index (χ0) is 8.85. The van der Waals surface area contributed by atoms with Crippen molar-refractivity contribution in [1.82, 2.24) is 4.90 Å². The van der Waals surface area contributed by atoms with E-state index < -0.39 is 5.91 Å². The molecule has 1 radical (unpaired) electrons. The second-order valence-corrected chi connectivity index (χ2v) is 2.06. The molecule has 0 aliphatic rings. The lowest BCUT2D eigenvalue weighted by Crippen LogP contribution is -2.34. The number of hydrogen-bond donors (Lipinski definition) is 1. The van der Waals surface area contributed by atoms with Gasteiger partial charge in [-0.15, -0.1) is 0 Å². The fourth-order valence-electron chi connectivity index (χ4n) is 0.748. The summed E-state index contributed by atoms with van der Waals surface area (Å²) in [6, 6.07) is 0. The highest BCUT2D eigenvalue weighted by Crippen LogP contribution is 1.91. The van der Waals surface area contributed by atoms with Crippen LogP contribution in [0.15, 0.2) is 0 Å². The number of carbonyl (C=O) groups is 2. The van der Waals surface area contributed by atoms with E-state index in [0.717, 1.165) is 6.42 Å². The summed E-state index contributed by atoms with van der Waals surface area (Å²) in [7, 11) is 0. The molecule has 63 valence electrons. The van der Waals surface area contributed by atoms with Crippen molar-refractivity contribution in [2.75, 3.05) is 13.1 Å². The predicted molar refractivity (Wildman–Crippen MR) is 41.4 cm³/mol. The fourth-order valence-corrected chi connectivity index (χ4v) is 0.748. The quantitative estimate of drug-likeness (QED) is 0.561. The van der Waals surface area contributed by atoms with Gasteiger partial charge in [-0.25, -0.2) is 0 Å². The molecule has 0 aromatic heterocycles. The van der Waals surface area contributed by atoms with Gasteiger partial charge in [0.15, 0.2) is 0 Å². The number of nitrogens with zero attached hydrogens (tertiary/aromatic N) is 1. The second kappa shape index (κ2) is 4.71. The summed E-state index contributed by atoms with van der Waals surface area (Å²) < 4.78 is 0. The number of hydrogen-bond acceptors (Lipinski definition) is 2. The van der Waals surface area contributed by atoms with Crippen LogP contribution in [0.3, 0.4) is 0 Å². The Kier molecular flexibility index (Phi) is 4.26. The fraction of sp³-hybridized carbons (Fsp3) is 0.571. The van der Waals surface area contributed by atoms with E-state index >= 15 is 0 Å². The van der Waals surface area contributed by atoms with Crippen LogP contribution in [0.25, 0.3) is 0 Å². The van der Waals surface area contributed by atoms with Crippen molar-refractivity contribution in [3.05, 3.63) is 6.42 Å². The average molecular weight is 157 g/mol. The summed E-state index contributed by atoms with van der Waals surface area (Å²) in [6.07, 6.45) is 0.896. The molecule has 0 rings (SSSR count). The Balaban J connectivity index is 3.89. The SMILES string of the molecule is CCN(CC)C(=O)[CH]C(N)=O. The van der Waals surface area contributed by atoms with Crippen LogP contribution in [-0.2, 0) is 9.59 Å². The number of rotatable bonds is 4. The normalized spacial score (nSPS) is 9.27. The molecule has 0 unspecified atom stereocenters. The summed E-state index contributed by atoms with van der Waals surface area (Å²) in [5, 5.41) is 0. The Morgan fingerprint density at radius 3 is 2.09 bits per heavy atom. The lowest BCUT2D eigenvalue weighted by molar-refractivity contribution is -0.129. The maximum atomic E-state index is 11.0. The highest BCUT2D eigenvalue weighted by Gasteiger charge is 2.11. The van der Waals surface area contributed by atoms with Crippen LogP contribution in [0, 0.1) is 6.42 Å². The Morgan fingerprint density at radius 1 is 1.36 bits per heavy atom. The molecule has 11 heavy (non-hydrogen) atoms. The van der Waals surface area contributed by atoms with Crippen molar-refractivity contribution in [2.45, 2.75) is 13.8 Å². The highest BCUT2D eigenvalue weighted by atomic mass is 16.2. The van der Waals surface area contributed by atoms with Crippen LogP contribution in [0.1, 0.15) is 13.8 Å². The molecule has 0 saturated carbocycles. The minimum absolute atomic E-state index is 0.317. The van der Waals surface area contributed by atoms with E-state index in [0.29, 0.717) is 13.1 Å². The van der Waals surface area contributed by atoms with Crippen LogP contribution >= 0.6 is 0 Å². The van der Waals surface area contributed by atoms with Crippen LogP contribution in [0.5, 0.6) is 0 Å². The smallest absolute Gasteiger partial charge is 0.236 e. The molecule has 0 atom stereocenters. The monoisotopic (exact) mass is 157 g/mol. The first-order chi connectivity index (χ1) is 5.11. The van der Waals surface area contributed by atoms with E-state index in [2.05, 4.69) is 0 Å². The first-order valence-corrected chi connectivity index (χ1v) is 3.54. The zero-order valence-corrected chi connectivity index (χ0v) is 6.83. The number of carbonyl (C=O) groups excluding carboxylic acids is 2. The Labute approximate surface area is 66.4 Å². The minimum Gasteiger partial charge on any atom is -0.369 e. The van der Waals surface area contributed by atoms with Crippen LogP contribution in [0.2, 0.25) is 0 Å². The van der Waals surface area contributed by atoms with Crippen LogP contribution < -0.4 is 5.73 Å². The van der Waals surface area contributed by atoms with Crippen molar-refractivity contribution in [3.63, 3.8) is 0 Å². The largest absolute Gasteiger partial charge is 0.369 e. The third-order valence-electron chi connectivity index (χ3n) is 1.34. The van der Waals surface area contributed by atoms with Gasteiger partial charge in [-0.3, -0.25) is 9.59 Å². The van der Waals surface area contributed by atoms with Gasteiger partial charge in [0.2, 0.25) is 11.8 Å². The van der Waals surface area contributed by atoms with Gasteiger partial charge in [0.1, 0.15) is 6.42 Å². The molecule has 0 saturated heterocycles. The number of nitrogens with two attached hydrogens (primary N) is 1. The topological polar surface area (TPSA) is 63.4 Å². The van der Waals surface area contributed by atoms with Crippen LogP contribution in [0.4, 0.5) is 0 Å². The molecule has 0 spiro atoms. The lowest BCUT2D eigenvalue weighted by atomic mass is 10.3. The first kappa shape index (κ1) is 9.94. The molecule has 0 aliphatic carbocycles. The van der Waals surface area contributed by atoms with Crippen molar-refractivity contribution in [1.29, 1.82) is 0 Å². The van der Waals surface area contributed by atoms with Gasteiger partial charge in [-0.05, 0) is 13.8 Å². The third-order valence-corrected chi connectivity index (χ3v) is 1.34. The van der Waals surface area contributed by atoms with Gasteiger partial charge in [-0.2, -0.15) is 0 Å².